The average Bonchev–Trinajstić information content (AvgIpc) is 2.67. The average molecular weight is 360 g/mol. The number of urea groups is 1. The molecule has 2 heterocycles. The number of rotatable bonds is 3. The fourth-order valence-corrected chi connectivity index (χ4v) is 3.54. The summed E-state index contributed by atoms with van der Waals surface area (Å²) in [5, 5.41) is 2.92. The monoisotopic (exact) mass is 360 g/mol. The molecule has 1 aromatic rings. The lowest BCUT2D eigenvalue weighted by molar-refractivity contribution is -0.136. The van der Waals surface area contributed by atoms with Crippen LogP contribution in [0.2, 0.25) is 0 Å². The Morgan fingerprint density at radius 2 is 1.81 bits per heavy atom. The van der Waals surface area contributed by atoms with Crippen LogP contribution in [0, 0.1) is 12.8 Å². The standard InChI is InChI=1S/C19H28N4O3/c1-14-3-2-4-16(13-14)21-19(25)23-9-7-22(8-10-23)18(24)17(20)15-5-11-26-12-6-15/h2-4,13,15,17H,5-12,20H2,1H3,(H,21,25). The molecule has 26 heavy (non-hydrogen) atoms. The molecule has 3 amide bonds. The molecule has 2 saturated heterocycles. The molecule has 1 atom stereocenters. The predicted octanol–water partition coefficient (Wildman–Crippen LogP) is 1.43. The smallest absolute Gasteiger partial charge is 0.321 e. The molecule has 7 heteroatoms. The Balaban J connectivity index is 1.48. The van der Waals surface area contributed by atoms with Crippen molar-refractivity contribution >= 4 is 17.6 Å². The molecule has 7 nitrogen and oxygen atoms in total. The van der Waals surface area contributed by atoms with E-state index in [1.807, 2.05) is 31.2 Å². The van der Waals surface area contributed by atoms with Gasteiger partial charge < -0.3 is 25.6 Å². The first-order valence-corrected chi connectivity index (χ1v) is 9.29. The number of ether oxygens (including phenoxy) is 1. The van der Waals surface area contributed by atoms with E-state index in [-0.39, 0.29) is 17.9 Å². The fourth-order valence-electron chi connectivity index (χ4n) is 3.54. The van der Waals surface area contributed by atoms with E-state index in [2.05, 4.69) is 5.32 Å². The van der Waals surface area contributed by atoms with Crippen molar-refractivity contribution in [1.82, 2.24) is 9.80 Å². The van der Waals surface area contributed by atoms with Gasteiger partial charge in [-0.3, -0.25) is 4.79 Å². The minimum atomic E-state index is -0.466. The first-order chi connectivity index (χ1) is 12.5. The molecule has 0 aliphatic carbocycles. The second kappa shape index (κ2) is 8.51. The molecule has 0 bridgehead atoms. The summed E-state index contributed by atoms with van der Waals surface area (Å²) >= 11 is 0. The summed E-state index contributed by atoms with van der Waals surface area (Å²) < 4.78 is 5.34. The van der Waals surface area contributed by atoms with Gasteiger partial charge in [0.25, 0.3) is 0 Å². The minimum absolute atomic E-state index is 0.00403. The molecular formula is C19H28N4O3. The summed E-state index contributed by atoms with van der Waals surface area (Å²) in [5.41, 5.74) is 8.08. The number of benzene rings is 1. The van der Waals surface area contributed by atoms with Crippen LogP contribution >= 0.6 is 0 Å². The van der Waals surface area contributed by atoms with E-state index in [0.717, 1.165) is 24.1 Å². The molecule has 3 rings (SSSR count). The number of carbonyl (C=O) groups excluding carboxylic acids is 2. The van der Waals surface area contributed by atoms with Crippen LogP contribution in [-0.4, -0.2) is 67.2 Å². The maximum Gasteiger partial charge on any atom is 0.321 e. The second-order valence-electron chi connectivity index (χ2n) is 7.09. The summed E-state index contributed by atoms with van der Waals surface area (Å²) in [6.07, 6.45) is 1.68. The van der Waals surface area contributed by atoms with Crippen molar-refractivity contribution in [1.29, 1.82) is 0 Å². The molecular weight excluding hydrogens is 332 g/mol. The fraction of sp³-hybridized carbons (Fsp3) is 0.579. The molecule has 2 aliphatic heterocycles. The quantitative estimate of drug-likeness (QED) is 0.853. The molecule has 0 saturated carbocycles. The van der Waals surface area contributed by atoms with Gasteiger partial charge in [-0.1, -0.05) is 12.1 Å². The number of nitrogens with two attached hydrogens (primary N) is 1. The third kappa shape index (κ3) is 4.53. The molecule has 142 valence electrons. The number of piperazine rings is 1. The van der Waals surface area contributed by atoms with Crippen LogP contribution in [0.5, 0.6) is 0 Å². The largest absolute Gasteiger partial charge is 0.381 e. The molecule has 0 radical (unpaired) electrons. The maximum atomic E-state index is 12.6. The van der Waals surface area contributed by atoms with Crippen LogP contribution < -0.4 is 11.1 Å². The molecule has 1 unspecified atom stereocenters. The van der Waals surface area contributed by atoms with Crippen LogP contribution in [0.4, 0.5) is 10.5 Å². The van der Waals surface area contributed by atoms with Crippen molar-refractivity contribution in [3.63, 3.8) is 0 Å². The number of hydrogen-bond donors (Lipinski definition) is 2. The van der Waals surface area contributed by atoms with Crippen molar-refractivity contribution in [2.45, 2.75) is 25.8 Å². The molecule has 2 aliphatic rings. The van der Waals surface area contributed by atoms with E-state index >= 15 is 0 Å². The first-order valence-electron chi connectivity index (χ1n) is 9.29. The lowest BCUT2D eigenvalue weighted by atomic mass is 9.91. The summed E-state index contributed by atoms with van der Waals surface area (Å²) in [4.78, 5) is 28.6. The van der Waals surface area contributed by atoms with E-state index in [9.17, 15) is 9.59 Å². The number of nitrogens with one attached hydrogen (secondary N) is 1. The first kappa shape index (κ1) is 18.7. The molecule has 0 spiro atoms. The zero-order chi connectivity index (χ0) is 18.5. The summed E-state index contributed by atoms with van der Waals surface area (Å²) in [6.45, 7) is 5.43. The molecule has 0 aromatic heterocycles. The summed E-state index contributed by atoms with van der Waals surface area (Å²) in [6, 6.07) is 7.12. The van der Waals surface area contributed by atoms with E-state index in [1.54, 1.807) is 9.80 Å². The summed E-state index contributed by atoms with van der Waals surface area (Å²) in [7, 11) is 0. The highest BCUT2D eigenvalue weighted by atomic mass is 16.5. The van der Waals surface area contributed by atoms with E-state index in [0.29, 0.717) is 39.4 Å². The van der Waals surface area contributed by atoms with Crippen molar-refractivity contribution in [3.8, 4) is 0 Å². The van der Waals surface area contributed by atoms with E-state index < -0.39 is 6.04 Å². The normalized spacial score (nSPS) is 19.9. The highest BCUT2D eigenvalue weighted by Gasteiger charge is 2.32. The number of anilines is 1. The Morgan fingerprint density at radius 1 is 1.15 bits per heavy atom. The van der Waals surface area contributed by atoms with Gasteiger partial charge in [-0.2, -0.15) is 0 Å². The number of amides is 3. The van der Waals surface area contributed by atoms with Crippen LogP contribution in [-0.2, 0) is 9.53 Å². The van der Waals surface area contributed by atoms with Crippen molar-refractivity contribution < 1.29 is 14.3 Å². The van der Waals surface area contributed by atoms with E-state index in [4.69, 9.17) is 10.5 Å². The Kier molecular flexibility index (Phi) is 6.11. The SMILES string of the molecule is Cc1cccc(NC(=O)N2CCN(C(=O)C(N)C3CCOCC3)CC2)c1. The molecule has 1 aromatic carbocycles. The van der Waals surface area contributed by atoms with Crippen LogP contribution in [0.25, 0.3) is 0 Å². The Bertz CT molecular complexity index is 637. The number of hydrogen-bond acceptors (Lipinski definition) is 4. The second-order valence-corrected chi connectivity index (χ2v) is 7.09. The molecule has 2 fully saturated rings. The van der Waals surface area contributed by atoms with Gasteiger partial charge in [0.05, 0.1) is 6.04 Å². The van der Waals surface area contributed by atoms with Crippen LogP contribution in [0.1, 0.15) is 18.4 Å². The maximum absolute atomic E-state index is 12.6. The van der Waals surface area contributed by atoms with Gasteiger partial charge in [0.1, 0.15) is 0 Å². The Labute approximate surface area is 154 Å². The highest BCUT2D eigenvalue weighted by Crippen LogP contribution is 2.19. The predicted molar refractivity (Wildman–Crippen MR) is 99.9 cm³/mol. The Hall–Kier alpha value is -2.12. The lowest BCUT2D eigenvalue weighted by Crippen LogP contribution is -2.56. The molecule has 3 N–H and O–H groups in total. The van der Waals surface area contributed by atoms with Crippen molar-refractivity contribution in [3.05, 3.63) is 29.8 Å². The zero-order valence-corrected chi connectivity index (χ0v) is 15.3. The van der Waals surface area contributed by atoms with Gasteiger partial charge in [0, 0.05) is 45.1 Å². The van der Waals surface area contributed by atoms with Gasteiger partial charge in [-0.25, -0.2) is 4.79 Å². The lowest BCUT2D eigenvalue weighted by Gasteiger charge is -2.37. The van der Waals surface area contributed by atoms with Gasteiger partial charge in [-0.05, 0) is 43.4 Å². The highest BCUT2D eigenvalue weighted by molar-refractivity contribution is 5.89. The van der Waals surface area contributed by atoms with Crippen molar-refractivity contribution in [2.24, 2.45) is 11.7 Å². The van der Waals surface area contributed by atoms with E-state index in [1.165, 1.54) is 0 Å². The zero-order valence-electron chi connectivity index (χ0n) is 15.3. The van der Waals surface area contributed by atoms with Crippen LogP contribution in [0.3, 0.4) is 0 Å². The minimum Gasteiger partial charge on any atom is -0.381 e. The van der Waals surface area contributed by atoms with Gasteiger partial charge >= 0.3 is 6.03 Å². The van der Waals surface area contributed by atoms with Gasteiger partial charge in [0.15, 0.2) is 0 Å². The topological polar surface area (TPSA) is 87.9 Å². The third-order valence-electron chi connectivity index (χ3n) is 5.21. The van der Waals surface area contributed by atoms with Crippen LogP contribution in [0.15, 0.2) is 24.3 Å². The number of nitrogens with zero attached hydrogens (tertiary/aromatic N) is 2. The van der Waals surface area contributed by atoms with Gasteiger partial charge in [-0.15, -0.1) is 0 Å². The summed E-state index contributed by atoms with van der Waals surface area (Å²) in [5.74, 6) is 0.189. The number of carbonyl (C=O) groups is 2. The van der Waals surface area contributed by atoms with Crippen molar-refractivity contribution in [2.75, 3.05) is 44.7 Å². The number of aryl methyl sites for hydroxylation is 1. The third-order valence-corrected chi connectivity index (χ3v) is 5.21. The van der Waals surface area contributed by atoms with Gasteiger partial charge in [0.2, 0.25) is 5.91 Å². The Morgan fingerprint density at radius 3 is 2.46 bits per heavy atom.